The van der Waals surface area contributed by atoms with Gasteiger partial charge in [-0.05, 0) is 13.0 Å². The zero-order valence-corrected chi connectivity index (χ0v) is 11.4. The van der Waals surface area contributed by atoms with E-state index in [4.69, 9.17) is 4.74 Å². The van der Waals surface area contributed by atoms with Crippen LogP contribution in [0.3, 0.4) is 0 Å². The maximum absolute atomic E-state index is 11.8. The molecule has 0 saturated heterocycles. The Balaban J connectivity index is 3.13. The van der Waals surface area contributed by atoms with Crippen LogP contribution in [0.25, 0.3) is 0 Å². The molecule has 1 amide bonds. The van der Waals surface area contributed by atoms with Gasteiger partial charge in [0.15, 0.2) is 0 Å². The van der Waals surface area contributed by atoms with Gasteiger partial charge in [0, 0.05) is 17.9 Å². The number of nitro groups is 1. The third-order valence-electron chi connectivity index (χ3n) is 2.10. The summed E-state index contributed by atoms with van der Waals surface area (Å²) in [7, 11) is 0. The molecule has 1 aromatic rings. The summed E-state index contributed by atoms with van der Waals surface area (Å²) in [5.41, 5.74) is -0.0321. The molecule has 0 aromatic heterocycles. The molecule has 0 unspecified atom stereocenters. The number of nitrogens with zero attached hydrogens (tertiary/aromatic N) is 1. The molecule has 0 bridgehead atoms. The van der Waals surface area contributed by atoms with E-state index >= 15 is 0 Å². The van der Waals surface area contributed by atoms with Crippen LogP contribution in [0.2, 0.25) is 0 Å². The Morgan fingerprint density at radius 1 is 1.56 bits per heavy atom. The Morgan fingerprint density at radius 2 is 2.28 bits per heavy atom. The third-order valence-corrected chi connectivity index (χ3v) is 2.50. The molecular formula is C11H13BrN2O4. The molecule has 0 spiro atoms. The normalized spacial score (nSPS) is 9.89. The maximum Gasteiger partial charge on any atom is 0.311 e. The molecule has 7 heteroatoms. The van der Waals surface area contributed by atoms with Gasteiger partial charge < -0.3 is 10.1 Å². The number of ether oxygens (including phenoxy) is 1. The first-order valence-electron chi connectivity index (χ1n) is 5.36. The highest BCUT2D eigenvalue weighted by Crippen LogP contribution is 2.30. The molecule has 0 fully saturated rings. The Hall–Kier alpha value is -1.63. The predicted molar refractivity (Wildman–Crippen MR) is 70.4 cm³/mol. The van der Waals surface area contributed by atoms with Crippen molar-refractivity contribution in [1.82, 2.24) is 5.32 Å². The molecule has 0 aliphatic carbocycles. The summed E-state index contributed by atoms with van der Waals surface area (Å²) < 4.78 is 5.22. The average molecular weight is 317 g/mol. The summed E-state index contributed by atoms with van der Waals surface area (Å²) in [4.78, 5) is 22.1. The van der Waals surface area contributed by atoms with Crippen molar-refractivity contribution in [2.24, 2.45) is 0 Å². The first-order chi connectivity index (χ1) is 8.61. The standard InChI is InChI=1S/C11H13BrN2O4/c1-2-18-10-8(11(15)13-7-6-12)4-3-5-9(10)14(16)17/h3-5H,2,6-7H2,1H3,(H,13,15). The number of para-hydroxylation sites is 1. The molecular weight excluding hydrogens is 304 g/mol. The molecule has 0 aliphatic heterocycles. The lowest BCUT2D eigenvalue weighted by molar-refractivity contribution is -0.385. The Morgan fingerprint density at radius 3 is 2.83 bits per heavy atom. The van der Waals surface area contributed by atoms with Crippen LogP contribution < -0.4 is 10.1 Å². The second kappa shape index (κ2) is 6.95. The van der Waals surface area contributed by atoms with E-state index in [-0.39, 0.29) is 29.5 Å². The van der Waals surface area contributed by atoms with Crippen molar-refractivity contribution < 1.29 is 14.5 Å². The van der Waals surface area contributed by atoms with E-state index in [0.29, 0.717) is 11.9 Å². The summed E-state index contributed by atoms with van der Waals surface area (Å²) in [5, 5.41) is 14.1. The van der Waals surface area contributed by atoms with E-state index < -0.39 is 4.92 Å². The second-order valence-corrected chi connectivity index (χ2v) is 4.08. The van der Waals surface area contributed by atoms with Crippen molar-refractivity contribution in [3.8, 4) is 5.75 Å². The topological polar surface area (TPSA) is 81.5 Å². The van der Waals surface area contributed by atoms with Gasteiger partial charge in [-0.25, -0.2) is 0 Å². The number of hydrogen-bond acceptors (Lipinski definition) is 4. The second-order valence-electron chi connectivity index (χ2n) is 3.29. The lowest BCUT2D eigenvalue weighted by Gasteiger charge is -2.10. The Labute approximate surface area is 113 Å². The molecule has 98 valence electrons. The number of halogens is 1. The number of benzene rings is 1. The summed E-state index contributed by atoms with van der Waals surface area (Å²) in [6, 6.07) is 4.28. The summed E-state index contributed by atoms with van der Waals surface area (Å²) in [6.45, 7) is 2.40. The first-order valence-corrected chi connectivity index (χ1v) is 6.48. The molecule has 1 rings (SSSR count). The number of hydrogen-bond donors (Lipinski definition) is 1. The zero-order chi connectivity index (χ0) is 13.5. The van der Waals surface area contributed by atoms with Gasteiger partial charge in [0.05, 0.1) is 17.1 Å². The van der Waals surface area contributed by atoms with Gasteiger partial charge in [-0.2, -0.15) is 0 Å². The van der Waals surface area contributed by atoms with Gasteiger partial charge in [-0.1, -0.05) is 22.0 Å². The molecule has 1 N–H and O–H groups in total. The molecule has 0 radical (unpaired) electrons. The van der Waals surface area contributed by atoms with E-state index in [1.165, 1.54) is 18.2 Å². The van der Waals surface area contributed by atoms with Crippen LogP contribution in [-0.4, -0.2) is 29.3 Å². The van der Waals surface area contributed by atoms with Gasteiger partial charge in [-0.15, -0.1) is 0 Å². The fraction of sp³-hybridized carbons (Fsp3) is 0.364. The van der Waals surface area contributed by atoms with Gasteiger partial charge in [0.25, 0.3) is 5.91 Å². The minimum atomic E-state index is -0.563. The first kappa shape index (κ1) is 14.4. The molecule has 0 heterocycles. The molecule has 18 heavy (non-hydrogen) atoms. The summed E-state index contributed by atoms with van der Waals surface area (Å²) in [6.07, 6.45) is 0. The molecule has 6 nitrogen and oxygen atoms in total. The summed E-state index contributed by atoms with van der Waals surface area (Å²) >= 11 is 3.18. The largest absolute Gasteiger partial charge is 0.487 e. The number of rotatable bonds is 6. The van der Waals surface area contributed by atoms with E-state index in [0.717, 1.165) is 0 Å². The molecule has 0 saturated carbocycles. The van der Waals surface area contributed by atoms with Crippen LogP contribution >= 0.6 is 15.9 Å². The summed E-state index contributed by atoms with van der Waals surface area (Å²) in [5.74, 6) is -0.376. The van der Waals surface area contributed by atoms with Crippen molar-refractivity contribution in [3.05, 3.63) is 33.9 Å². The van der Waals surface area contributed by atoms with Crippen LogP contribution in [0, 0.1) is 10.1 Å². The Bertz CT molecular complexity index is 451. The number of carbonyl (C=O) groups is 1. The number of alkyl halides is 1. The monoisotopic (exact) mass is 316 g/mol. The third kappa shape index (κ3) is 3.43. The number of amides is 1. The van der Waals surface area contributed by atoms with Crippen molar-refractivity contribution in [2.45, 2.75) is 6.92 Å². The van der Waals surface area contributed by atoms with Gasteiger partial charge >= 0.3 is 5.69 Å². The average Bonchev–Trinajstić information content (AvgIpc) is 2.36. The highest BCUT2D eigenvalue weighted by atomic mass is 79.9. The van der Waals surface area contributed by atoms with Crippen LogP contribution in [0.15, 0.2) is 18.2 Å². The van der Waals surface area contributed by atoms with E-state index in [1.54, 1.807) is 6.92 Å². The fourth-order valence-corrected chi connectivity index (χ4v) is 1.60. The smallest absolute Gasteiger partial charge is 0.311 e. The number of nitro benzene ring substituents is 1. The van der Waals surface area contributed by atoms with Gasteiger partial charge in [0.1, 0.15) is 0 Å². The van der Waals surface area contributed by atoms with Crippen LogP contribution in [-0.2, 0) is 0 Å². The van der Waals surface area contributed by atoms with Crippen molar-refractivity contribution in [3.63, 3.8) is 0 Å². The molecule has 1 aromatic carbocycles. The lowest BCUT2D eigenvalue weighted by atomic mass is 10.1. The SMILES string of the molecule is CCOc1c(C(=O)NCCBr)cccc1[N+](=O)[O-]. The number of nitrogens with one attached hydrogen (secondary N) is 1. The van der Waals surface area contributed by atoms with Crippen molar-refractivity contribution in [1.29, 1.82) is 0 Å². The highest BCUT2D eigenvalue weighted by Gasteiger charge is 2.22. The highest BCUT2D eigenvalue weighted by molar-refractivity contribution is 9.09. The van der Waals surface area contributed by atoms with Crippen molar-refractivity contribution in [2.75, 3.05) is 18.5 Å². The van der Waals surface area contributed by atoms with E-state index in [9.17, 15) is 14.9 Å². The maximum atomic E-state index is 11.8. The van der Waals surface area contributed by atoms with Crippen LogP contribution in [0.5, 0.6) is 5.75 Å². The van der Waals surface area contributed by atoms with Gasteiger partial charge in [-0.3, -0.25) is 14.9 Å². The predicted octanol–water partition coefficient (Wildman–Crippen LogP) is 2.12. The van der Waals surface area contributed by atoms with E-state index in [2.05, 4.69) is 21.2 Å². The minimum Gasteiger partial charge on any atom is -0.487 e. The van der Waals surface area contributed by atoms with E-state index in [1.807, 2.05) is 0 Å². The minimum absolute atomic E-state index is 0.0112. The van der Waals surface area contributed by atoms with Crippen LogP contribution in [0.4, 0.5) is 5.69 Å². The lowest BCUT2D eigenvalue weighted by Crippen LogP contribution is -2.25. The number of carbonyl (C=O) groups excluding carboxylic acids is 1. The molecule has 0 aliphatic rings. The fourth-order valence-electron chi connectivity index (χ4n) is 1.40. The van der Waals surface area contributed by atoms with Crippen molar-refractivity contribution >= 4 is 27.5 Å². The zero-order valence-electron chi connectivity index (χ0n) is 9.81. The quantitative estimate of drug-likeness (QED) is 0.495. The molecule has 0 atom stereocenters. The van der Waals surface area contributed by atoms with Crippen LogP contribution in [0.1, 0.15) is 17.3 Å². The Kier molecular flexibility index (Phi) is 5.57. The van der Waals surface area contributed by atoms with Gasteiger partial charge in [0.2, 0.25) is 5.75 Å².